The molecule has 1 N–H and O–H groups in total. The number of rotatable bonds is 5. The molecule has 122 valence electrons. The van der Waals surface area contributed by atoms with Crippen LogP contribution in [0.5, 0.6) is 0 Å². The fourth-order valence-electron chi connectivity index (χ4n) is 2.69. The molecule has 0 amide bonds. The molecule has 0 radical (unpaired) electrons. The molecule has 3 aromatic rings. The van der Waals surface area contributed by atoms with E-state index in [1.165, 1.54) is 0 Å². The number of ether oxygens (including phenoxy) is 2. The number of thioether (sulfide) groups is 1. The van der Waals surface area contributed by atoms with Crippen LogP contribution in [0.1, 0.15) is 0 Å². The Hall–Kier alpha value is -2.08. The predicted octanol–water partition coefficient (Wildman–Crippen LogP) is 4.21. The van der Waals surface area contributed by atoms with Gasteiger partial charge in [0, 0.05) is 11.1 Å². The van der Waals surface area contributed by atoms with Crippen molar-refractivity contribution in [3.8, 4) is 22.5 Å². The molecule has 2 heterocycles. The Morgan fingerprint density at radius 1 is 0.917 bits per heavy atom. The summed E-state index contributed by atoms with van der Waals surface area (Å²) in [6.07, 6.45) is -0.138. The lowest BCUT2D eigenvalue weighted by Gasteiger charge is -2.06. The van der Waals surface area contributed by atoms with Crippen LogP contribution in [0.3, 0.4) is 0 Å². The summed E-state index contributed by atoms with van der Waals surface area (Å²) in [6, 6.07) is 20.5. The number of aromatic nitrogens is 2. The van der Waals surface area contributed by atoms with Crippen molar-refractivity contribution in [2.75, 3.05) is 19.0 Å². The summed E-state index contributed by atoms with van der Waals surface area (Å²) in [7, 11) is 0. The van der Waals surface area contributed by atoms with Crippen molar-refractivity contribution in [1.82, 2.24) is 9.97 Å². The SMILES string of the molecule is c1ccc(-c2nc(SCC3OCCO3)[nH]c2-c2ccccc2)cc1. The van der Waals surface area contributed by atoms with Gasteiger partial charge in [-0.2, -0.15) is 0 Å². The second-order valence-electron chi connectivity index (χ2n) is 5.48. The third-order valence-electron chi connectivity index (χ3n) is 3.84. The summed E-state index contributed by atoms with van der Waals surface area (Å²) in [6.45, 7) is 1.35. The highest BCUT2D eigenvalue weighted by molar-refractivity contribution is 7.99. The van der Waals surface area contributed by atoms with E-state index in [1.54, 1.807) is 11.8 Å². The Bertz CT molecular complexity index is 727. The van der Waals surface area contributed by atoms with Crippen molar-refractivity contribution in [2.24, 2.45) is 0 Å². The number of aromatic amines is 1. The number of benzene rings is 2. The van der Waals surface area contributed by atoms with Crippen LogP contribution in [-0.2, 0) is 9.47 Å². The lowest BCUT2D eigenvalue weighted by Crippen LogP contribution is -2.10. The van der Waals surface area contributed by atoms with Crippen LogP contribution in [0.2, 0.25) is 0 Å². The van der Waals surface area contributed by atoms with E-state index in [-0.39, 0.29) is 6.29 Å². The van der Waals surface area contributed by atoms with E-state index in [9.17, 15) is 0 Å². The first kappa shape index (κ1) is 15.4. The molecule has 1 saturated heterocycles. The van der Waals surface area contributed by atoms with Crippen LogP contribution in [-0.4, -0.2) is 35.2 Å². The Balaban J connectivity index is 1.65. The third-order valence-corrected chi connectivity index (χ3v) is 4.74. The van der Waals surface area contributed by atoms with E-state index >= 15 is 0 Å². The summed E-state index contributed by atoms with van der Waals surface area (Å²) in [5.41, 5.74) is 4.24. The Kier molecular flexibility index (Phi) is 4.64. The van der Waals surface area contributed by atoms with Crippen molar-refractivity contribution in [2.45, 2.75) is 11.4 Å². The molecule has 0 bridgehead atoms. The highest BCUT2D eigenvalue weighted by atomic mass is 32.2. The van der Waals surface area contributed by atoms with Gasteiger partial charge in [0.25, 0.3) is 0 Å². The summed E-state index contributed by atoms with van der Waals surface area (Å²) in [5, 5.41) is 0.881. The van der Waals surface area contributed by atoms with E-state index in [2.05, 4.69) is 29.2 Å². The molecule has 1 fully saturated rings. The number of nitrogens with zero attached hydrogens (tertiary/aromatic N) is 1. The highest BCUT2D eigenvalue weighted by Crippen LogP contribution is 2.33. The lowest BCUT2D eigenvalue weighted by molar-refractivity contribution is -0.0215. The van der Waals surface area contributed by atoms with Crippen molar-refractivity contribution >= 4 is 11.8 Å². The minimum absolute atomic E-state index is 0.138. The first-order valence-corrected chi connectivity index (χ1v) is 8.95. The molecule has 0 aliphatic carbocycles. The van der Waals surface area contributed by atoms with Crippen molar-refractivity contribution < 1.29 is 9.47 Å². The van der Waals surface area contributed by atoms with Crippen LogP contribution in [0.25, 0.3) is 22.5 Å². The molecule has 0 spiro atoms. The molecule has 4 rings (SSSR count). The quantitative estimate of drug-likeness (QED) is 0.708. The molecule has 1 aliphatic heterocycles. The van der Waals surface area contributed by atoms with Crippen LogP contribution in [0.4, 0.5) is 0 Å². The highest BCUT2D eigenvalue weighted by Gasteiger charge is 2.19. The van der Waals surface area contributed by atoms with Crippen molar-refractivity contribution in [1.29, 1.82) is 0 Å². The largest absolute Gasteiger partial charge is 0.349 e. The number of imidazole rings is 1. The van der Waals surface area contributed by atoms with Gasteiger partial charge < -0.3 is 14.5 Å². The van der Waals surface area contributed by atoms with E-state index in [0.29, 0.717) is 13.2 Å². The zero-order chi connectivity index (χ0) is 16.2. The molecular formula is C19H18N2O2S. The lowest BCUT2D eigenvalue weighted by atomic mass is 10.1. The number of hydrogen-bond acceptors (Lipinski definition) is 4. The van der Waals surface area contributed by atoms with Gasteiger partial charge in [0.1, 0.15) is 0 Å². The molecule has 5 heteroatoms. The Morgan fingerprint density at radius 2 is 1.54 bits per heavy atom. The fourth-order valence-corrected chi connectivity index (χ4v) is 3.51. The molecule has 0 saturated carbocycles. The summed E-state index contributed by atoms with van der Waals surface area (Å²) in [5.74, 6) is 0.732. The molecule has 2 aromatic carbocycles. The number of H-pyrrole nitrogens is 1. The van der Waals surface area contributed by atoms with Crippen LogP contribution in [0, 0.1) is 0 Å². The van der Waals surface area contributed by atoms with Crippen molar-refractivity contribution in [3.05, 3.63) is 60.7 Å². The maximum atomic E-state index is 5.50. The average Bonchev–Trinajstić information content (AvgIpc) is 3.31. The predicted molar refractivity (Wildman–Crippen MR) is 95.9 cm³/mol. The first-order valence-electron chi connectivity index (χ1n) is 7.97. The molecular weight excluding hydrogens is 320 g/mol. The minimum atomic E-state index is -0.138. The van der Waals surface area contributed by atoms with Gasteiger partial charge >= 0.3 is 0 Å². The van der Waals surface area contributed by atoms with Gasteiger partial charge in [-0.3, -0.25) is 0 Å². The Labute approximate surface area is 145 Å². The summed E-state index contributed by atoms with van der Waals surface area (Å²) < 4.78 is 11.0. The first-order chi connectivity index (χ1) is 11.9. The van der Waals surface area contributed by atoms with E-state index < -0.39 is 0 Å². The zero-order valence-corrected chi connectivity index (χ0v) is 14.0. The van der Waals surface area contributed by atoms with Crippen molar-refractivity contribution in [3.63, 3.8) is 0 Å². The average molecular weight is 338 g/mol. The van der Waals surface area contributed by atoms with E-state index in [0.717, 1.165) is 33.4 Å². The smallest absolute Gasteiger partial charge is 0.167 e. The molecule has 24 heavy (non-hydrogen) atoms. The van der Waals surface area contributed by atoms with Gasteiger partial charge in [0.05, 0.1) is 30.4 Å². The zero-order valence-electron chi connectivity index (χ0n) is 13.1. The second-order valence-corrected chi connectivity index (χ2v) is 6.49. The maximum Gasteiger partial charge on any atom is 0.167 e. The van der Waals surface area contributed by atoms with Gasteiger partial charge in [0.2, 0.25) is 0 Å². The van der Waals surface area contributed by atoms with E-state index in [1.807, 2.05) is 36.4 Å². The molecule has 0 atom stereocenters. The maximum absolute atomic E-state index is 5.50. The monoisotopic (exact) mass is 338 g/mol. The third kappa shape index (κ3) is 3.38. The van der Waals surface area contributed by atoms with Gasteiger partial charge in [-0.15, -0.1) is 0 Å². The number of hydrogen-bond donors (Lipinski definition) is 1. The van der Waals surface area contributed by atoms with Gasteiger partial charge in [0.15, 0.2) is 11.4 Å². The van der Waals surface area contributed by atoms with Crippen LogP contribution in [0.15, 0.2) is 65.8 Å². The molecule has 1 aromatic heterocycles. The van der Waals surface area contributed by atoms with Crippen LogP contribution < -0.4 is 0 Å². The van der Waals surface area contributed by atoms with Gasteiger partial charge in [-0.1, -0.05) is 72.4 Å². The standard InChI is InChI=1S/C19H18N2O2S/c1-3-7-14(8-4-1)17-18(15-9-5-2-6-10-15)21-19(20-17)24-13-16-22-11-12-23-16/h1-10,16H,11-13H2,(H,20,21). The fraction of sp³-hybridized carbons (Fsp3) is 0.211. The van der Waals surface area contributed by atoms with Gasteiger partial charge in [-0.25, -0.2) is 4.98 Å². The normalized spacial score (nSPS) is 15.0. The molecule has 1 aliphatic rings. The number of nitrogens with one attached hydrogen (secondary N) is 1. The van der Waals surface area contributed by atoms with Crippen LogP contribution >= 0.6 is 11.8 Å². The summed E-state index contributed by atoms with van der Waals surface area (Å²) in [4.78, 5) is 8.28. The Morgan fingerprint density at radius 3 is 2.21 bits per heavy atom. The molecule has 4 nitrogen and oxygen atoms in total. The molecule has 0 unspecified atom stereocenters. The van der Waals surface area contributed by atoms with Gasteiger partial charge in [-0.05, 0) is 0 Å². The second kappa shape index (κ2) is 7.21. The van der Waals surface area contributed by atoms with E-state index in [4.69, 9.17) is 14.5 Å². The minimum Gasteiger partial charge on any atom is -0.349 e. The summed E-state index contributed by atoms with van der Waals surface area (Å²) >= 11 is 1.63. The topological polar surface area (TPSA) is 47.1 Å².